The zero-order valence-corrected chi connectivity index (χ0v) is 16.5. The molecule has 1 rings (SSSR count). The molecule has 1 aromatic heterocycles. The van der Waals surface area contributed by atoms with Gasteiger partial charge in [0.25, 0.3) is 0 Å². The van der Waals surface area contributed by atoms with E-state index in [-0.39, 0.29) is 11.2 Å². The zero-order valence-electron chi connectivity index (χ0n) is 16.5. The number of carbonyl (C=O) groups is 1. The average molecular weight is 341 g/mol. The summed E-state index contributed by atoms with van der Waals surface area (Å²) in [5, 5.41) is 7.52. The second-order valence-electron chi connectivity index (χ2n) is 8.31. The fourth-order valence-electron chi connectivity index (χ4n) is 1.37. The fourth-order valence-corrected chi connectivity index (χ4v) is 1.37. The average Bonchev–Trinajstić information content (AvgIpc) is 2.91. The van der Waals surface area contributed by atoms with Gasteiger partial charge in [-0.05, 0) is 5.41 Å². The molecule has 0 aliphatic heterocycles. The summed E-state index contributed by atoms with van der Waals surface area (Å²) >= 11 is 0. The second kappa shape index (κ2) is 11.3. The summed E-state index contributed by atoms with van der Waals surface area (Å²) < 4.78 is 12.5. The smallest absolute Gasteiger partial charge is 0.140 e. The Balaban J connectivity index is 0.000000922. The Morgan fingerprint density at radius 2 is 1.50 bits per heavy atom. The Morgan fingerprint density at radius 3 is 1.96 bits per heavy atom. The van der Waals surface area contributed by atoms with Gasteiger partial charge in [-0.25, -0.2) is 0 Å². The minimum atomic E-state index is -0.280. The van der Waals surface area contributed by atoms with Crippen molar-refractivity contribution in [3.8, 4) is 0 Å². The summed E-state index contributed by atoms with van der Waals surface area (Å²) in [6.45, 7) is 17.3. The van der Waals surface area contributed by atoms with Gasteiger partial charge in [-0.3, -0.25) is 9.48 Å². The van der Waals surface area contributed by atoms with Crippen molar-refractivity contribution in [3.63, 3.8) is 0 Å². The van der Waals surface area contributed by atoms with Gasteiger partial charge in [0.2, 0.25) is 0 Å². The molecule has 0 amide bonds. The number of rotatable bonds is 9. The van der Waals surface area contributed by atoms with Gasteiger partial charge < -0.3 is 9.47 Å². The van der Waals surface area contributed by atoms with E-state index in [0.717, 1.165) is 0 Å². The van der Waals surface area contributed by atoms with Gasteiger partial charge >= 0.3 is 0 Å². The van der Waals surface area contributed by atoms with Gasteiger partial charge in [0, 0.05) is 18.0 Å². The highest BCUT2D eigenvalue weighted by Crippen LogP contribution is 2.16. The van der Waals surface area contributed by atoms with Crippen LogP contribution in [0.5, 0.6) is 0 Å². The Kier molecular flexibility index (Phi) is 10.7. The van der Waals surface area contributed by atoms with Crippen LogP contribution in [0.3, 0.4) is 0 Å². The Hall–Kier alpha value is -1.27. The molecule has 140 valence electrons. The van der Waals surface area contributed by atoms with E-state index in [0.29, 0.717) is 44.8 Å². The van der Waals surface area contributed by atoms with Gasteiger partial charge in [-0.1, -0.05) is 53.7 Å². The SMILES string of the molecule is CC(C)(C)C.CC(C)(C)C(=O)CCOCCOCCn1ccnn1. The van der Waals surface area contributed by atoms with Crippen LogP contribution >= 0.6 is 0 Å². The number of aromatic nitrogens is 3. The van der Waals surface area contributed by atoms with Crippen LogP contribution in [0, 0.1) is 10.8 Å². The quantitative estimate of drug-likeness (QED) is 0.644. The molecule has 1 heterocycles. The topological polar surface area (TPSA) is 66.2 Å². The molecule has 0 saturated heterocycles. The van der Waals surface area contributed by atoms with Crippen molar-refractivity contribution in [1.82, 2.24) is 15.0 Å². The van der Waals surface area contributed by atoms with Gasteiger partial charge in [0.15, 0.2) is 0 Å². The van der Waals surface area contributed by atoms with Crippen molar-refractivity contribution in [3.05, 3.63) is 12.4 Å². The number of ether oxygens (including phenoxy) is 2. The summed E-state index contributed by atoms with van der Waals surface area (Å²) in [5.41, 5.74) is 0.220. The molecule has 0 aromatic carbocycles. The van der Waals surface area contributed by atoms with E-state index >= 15 is 0 Å². The molecular formula is C18H35N3O3. The molecule has 1 aromatic rings. The lowest BCUT2D eigenvalue weighted by Gasteiger charge is -2.16. The van der Waals surface area contributed by atoms with E-state index < -0.39 is 0 Å². The molecule has 0 aliphatic rings. The van der Waals surface area contributed by atoms with E-state index in [1.165, 1.54) is 0 Å². The van der Waals surface area contributed by atoms with E-state index in [2.05, 4.69) is 38.0 Å². The second-order valence-corrected chi connectivity index (χ2v) is 8.31. The van der Waals surface area contributed by atoms with E-state index in [1.54, 1.807) is 17.1 Å². The fraction of sp³-hybridized carbons (Fsp3) is 0.833. The molecule has 0 atom stereocenters. The number of Topliss-reactive ketones (excluding diaryl/α,β-unsaturated/α-hetero) is 1. The molecule has 0 fully saturated rings. The third-order valence-electron chi connectivity index (χ3n) is 2.62. The van der Waals surface area contributed by atoms with Crippen LogP contribution < -0.4 is 0 Å². The van der Waals surface area contributed by atoms with E-state index in [1.807, 2.05) is 20.8 Å². The predicted molar refractivity (Wildman–Crippen MR) is 95.9 cm³/mol. The normalized spacial score (nSPS) is 11.8. The molecule has 0 aliphatic carbocycles. The highest BCUT2D eigenvalue weighted by Gasteiger charge is 2.20. The first kappa shape index (κ1) is 22.7. The minimum absolute atomic E-state index is 0.222. The Morgan fingerprint density at radius 1 is 0.958 bits per heavy atom. The van der Waals surface area contributed by atoms with Crippen molar-refractivity contribution in [2.24, 2.45) is 10.8 Å². The van der Waals surface area contributed by atoms with Gasteiger partial charge in [-0.2, -0.15) is 0 Å². The minimum Gasteiger partial charge on any atom is -0.379 e. The lowest BCUT2D eigenvalue weighted by Crippen LogP contribution is -2.21. The van der Waals surface area contributed by atoms with E-state index in [4.69, 9.17) is 9.47 Å². The number of hydrogen-bond acceptors (Lipinski definition) is 5. The number of nitrogens with zero attached hydrogens (tertiary/aromatic N) is 3. The summed E-state index contributed by atoms with van der Waals surface area (Å²) in [4.78, 5) is 11.6. The van der Waals surface area contributed by atoms with Crippen molar-refractivity contribution in [2.45, 2.75) is 61.4 Å². The maximum atomic E-state index is 11.6. The third-order valence-corrected chi connectivity index (χ3v) is 2.62. The highest BCUT2D eigenvalue weighted by molar-refractivity contribution is 5.83. The van der Waals surface area contributed by atoms with Crippen LogP contribution in [-0.4, -0.2) is 47.2 Å². The highest BCUT2D eigenvalue weighted by atomic mass is 16.5. The standard InChI is InChI=1S/C13H23N3O3.C5H12/c1-13(2,3)12(17)4-8-18-10-11-19-9-7-16-6-5-14-15-16;1-5(2,3)4/h5-6H,4,7-11H2,1-3H3;1-4H3. The summed E-state index contributed by atoms with van der Waals surface area (Å²) in [6, 6.07) is 0. The van der Waals surface area contributed by atoms with Crippen LogP contribution in [0.25, 0.3) is 0 Å². The van der Waals surface area contributed by atoms with Crippen LogP contribution in [-0.2, 0) is 20.8 Å². The zero-order chi connectivity index (χ0) is 18.6. The molecule has 6 nitrogen and oxygen atoms in total. The maximum absolute atomic E-state index is 11.6. The van der Waals surface area contributed by atoms with Crippen molar-refractivity contribution in [1.29, 1.82) is 0 Å². The Labute approximate surface area is 146 Å². The van der Waals surface area contributed by atoms with Crippen LogP contribution in [0.1, 0.15) is 54.9 Å². The lowest BCUT2D eigenvalue weighted by atomic mass is 9.89. The first-order chi connectivity index (χ1) is 11.0. The first-order valence-corrected chi connectivity index (χ1v) is 8.53. The van der Waals surface area contributed by atoms with Crippen molar-refractivity contribution in [2.75, 3.05) is 26.4 Å². The van der Waals surface area contributed by atoms with E-state index in [9.17, 15) is 4.79 Å². The molecular weight excluding hydrogens is 306 g/mol. The number of ketones is 1. The summed E-state index contributed by atoms with van der Waals surface area (Å²) in [6.07, 6.45) is 3.88. The van der Waals surface area contributed by atoms with Gasteiger partial charge in [0.1, 0.15) is 5.78 Å². The molecule has 6 heteroatoms. The monoisotopic (exact) mass is 341 g/mol. The van der Waals surface area contributed by atoms with Crippen LogP contribution in [0.4, 0.5) is 0 Å². The number of carbonyl (C=O) groups excluding carboxylic acids is 1. The molecule has 0 radical (unpaired) electrons. The maximum Gasteiger partial charge on any atom is 0.140 e. The third kappa shape index (κ3) is 15.6. The van der Waals surface area contributed by atoms with Crippen molar-refractivity contribution >= 4 is 5.78 Å². The molecule has 0 unspecified atom stereocenters. The molecule has 0 saturated carbocycles. The summed E-state index contributed by atoms with van der Waals surface area (Å²) in [7, 11) is 0. The van der Waals surface area contributed by atoms with Crippen LogP contribution in [0.2, 0.25) is 0 Å². The van der Waals surface area contributed by atoms with Gasteiger partial charge in [-0.15, -0.1) is 5.10 Å². The van der Waals surface area contributed by atoms with Crippen LogP contribution in [0.15, 0.2) is 12.4 Å². The molecule has 0 spiro atoms. The Bertz CT molecular complexity index is 425. The largest absolute Gasteiger partial charge is 0.379 e. The molecule has 24 heavy (non-hydrogen) atoms. The first-order valence-electron chi connectivity index (χ1n) is 8.53. The molecule has 0 N–H and O–H groups in total. The lowest BCUT2D eigenvalue weighted by molar-refractivity contribution is -0.127. The molecule has 0 bridgehead atoms. The van der Waals surface area contributed by atoms with Crippen molar-refractivity contribution < 1.29 is 14.3 Å². The van der Waals surface area contributed by atoms with Gasteiger partial charge in [0.05, 0.1) is 39.2 Å². The summed E-state index contributed by atoms with van der Waals surface area (Å²) in [5.74, 6) is 0.222. The predicted octanol–water partition coefficient (Wildman–Crippen LogP) is 3.37. The number of hydrogen-bond donors (Lipinski definition) is 0.